The number of primary amides is 1. The lowest BCUT2D eigenvalue weighted by molar-refractivity contribution is -0.140. The van der Waals surface area contributed by atoms with E-state index in [0.717, 1.165) is 11.1 Å². The van der Waals surface area contributed by atoms with Gasteiger partial charge in [0.15, 0.2) is 0 Å². The van der Waals surface area contributed by atoms with E-state index in [-0.39, 0.29) is 18.9 Å². The molecule has 4 N–H and O–H groups in total. The zero-order chi connectivity index (χ0) is 13.1. The van der Waals surface area contributed by atoms with Gasteiger partial charge in [-0.15, -0.1) is 0 Å². The van der Waals surface area contributed by atoms with Gasteiger partial charge in [-0.2, -0.15) is 0 Å². The first-order valence-electron chi connectivity index (χ1n) is 5.99. The molecule has 1 aliphatic heterocycles. The second kappa shape index (κ2) is 5.18. The van der Waals surface area contributed by atoms with Crippen LogP contribution in [0, 0.1) is 0 Å². The zero-order valence-electron chi connectivity index (χ0n) is 10.1. The zero-order valence-corrected chi connectivity index (χ0v) is 10.1. The van der Waals surface area contributed by atoms with Crippen LogP contribution in [-0.4, -0.2) is 29.3 Å². The van der Waals surface area contributed by atoms with Crippen LogP contribution in [0.25, 0.3) is 0 Å². The molecule has 2 rings (SSSR count). The van der Waals surface area contributed by atoms with Crippen LogP contribution < -0.4 is 11.5 Å². The van der Waals surface area contributed by atoms with Crippen molar-refractivity contribution in [2.24, 2.45) is 11.5 Å². The molecule has 0 bridgehead atoms. The van der Waals surface area contributed by atoms with Crippen LogP contribution in [-0.2, 0) is 22.6 Å². The summed E-state index contributed by atoms with van der Waals surface area (Å²) >= 11 is 0. The smallest absolute Gasteiger partial charge is 0.240 e. The van der Waals surface area contributed by atoms with Crippen LogP contribution in [0.2, 0.25) is 0 Å². The highest BCUT2D eigenvalue weighted by Gasteiger charge is 2.32. The molecule has 96 valence electrons. The maximum Gasteiger partial charge on any atom is 0.240 e. The molecule has 2 amide bonds. The quantitative estimate of drug-likeness (QED) is 0.773. The number of nitrogens with zero attached hydrogens (tertiary/aromatic N) is 1. The predicted octanol–water partition coefficient (Wildman–Crippen LogP) is -0.226. The average Bonchev–Trinajstić information content (AvgIpc) is 2.37. The molecular formula is C13H17N3O2. The van der Waals surface area contributed by atoms with Crippen LogP contribution in [0.4, 0.5) is 0 Å². The molecule has 0 aliphatic carbocycles. The molecule has 0 aromatic heterocycles. The Balaban J connectivity index is 2.28. The van der Waals surface area contributed by atoms with E-state index in [1.165, 1.54) is 4.90 Å². The minimum atomic E-state index is -0.557. The number of nitrogens with two attached hydrogens (primary N) is 2. The minimum absolute atomic E-state index is 0.115. The van der Waals surface area contributed by atoms with Crippen LogP contribution >= 0.6 is 0 Å². The summed E-state index contributed by atoms with van der Waals surface area (Å²) in [5.74, 6) is -0.578. The fraction of sp³-hybridized carbons (Fsp3) is 0.385. The molecule has 0 unspecified atom stereocenters. The Morgan fingerprint density at radius 3 is 2.56 bits per heavy atom. The molecule has 0 fully saturated rings. The van der Waals surface area contributed by atoms with Crippen LogP contribution in [0.15, 0.2) is 24.3 Å². The average molecular weight is 247 g/mol. The van der Waals surface area contributed by atoms with Gasteiger partial charge in [0.2, 0.25) is 11.8 Å². The molecule has 1 heterocycles. The maximum atomic E-state index is 12.0. The fourth-order valence-electron chi connectivity index (χ4n) is 2.31. The Kier molecular flexibility index (Phi) is 3.62. The monoisotopic (exact) mass is 247 g/mol. The maximum absolute atomic E-state index is 12.0. The van der Waals surface area contributed by atoms with Gasteiger partial charge < -0.3 is 16.4 Å². The van der Waals surface area contributed by atoms with Crippen LogP contribution in [0.5, 0.6) is 0 Å². The summed E-state index contributed by atoms with van der Waals surface area (Å²) in [6.07, 6.45) is 0.730. The lowest BCUT2D eigenvalue weighted by Crippen LogP contribution is -2.51. The third-order valence-corrected chi connectivity index (χ3v) is 3.26. The molecule has 0 radical (unpaired) electrons. The van der Waals surface area contributed by atoms with E-state index in [1.807, 2.05) is 24.3 Å². The summed E-state index contributed by atoms with van der Waals surface area (Å²) in [5, 5.41) is 0. The molecular weight excluding hydrogens is 230 g/mol. The highest BCUT2D eigenvalue weighted by atomic mass is 16.2. The lowest BCUT2D eigenvalue weighted by Gasteiger charge is -2.35. The van der Waals surface area contributed by atoms with Gasteiger partial charge in [-0.1, -0.05) is 24.3 Å². The van der Waals surface area contributed by atoms with Gasteiger partial charge in [-0.25, -0.2) is 0 Å². The Labute approximate surface area is 106 Å². The van der Waals surface area contributed by atoms with E-state index < -0.39 is 11.9 Å². The van der Waals surface area contributed by atoms with Gasteiger partial charge in [0.1, 0.15) is 6.04 Å². The predicted molar refractivity (Wildman–Crippen MR) is 67.3 cm³/mol. The van der Waals surface area contributed by atoms with Crippen molar-refractivity contribution in [3.05, 3.63) is 35.4 Å². The molecule has 5 heteroatoms. The summed E-state index contributed by atoms with van der Waals surface area (Å²) in [6.45, 7) is 0.713. The number of benzene rings is 1. The van der Waals surface area contributed by atoms with E-state index in [1.54, 1.807) is 0 Å². The third-order valence-electron chi connectivity index (χ3n) is 3.26. The Morgan fingerprint density at radius 1 is 1.28 bits per heavy atom. The van der Waals surface area contributed by atoms with E-state index in [9.17, 15) is 9.59 Å². The van der Waals surface area contributed by atoms with Crippen molar-refractivity contribution in [1.82, 2.24) is 4.90 Å². The van der Waals surface area contributed by atoms with Crippen molar-refractivity contribution in [3.8, 4) is 0 Å². The normalized spacial score (nSPS) is 18.3. The molecule has 0 saturated carbocycles. The Hall–Kier alpha value is -1.88. The van der Waals surface area contributed by atoms with Crippen molar-refractivity contribution in [2.45, 2.75) is 25.4 Å². The standard InChI is InChI=1S/C13H17N3O2/c14-6-5-12(17)16-8-10-4-2-1-3-9(10)7-11(16)13(15)18/h1-4,11H,5-8,14H2,(H2,15,18)/t11-/m0/s1. The first-order chi connectivity index (χ1) is 8.63. The molecule has 1 aromatic carbocycles. The van der Waals surface area contributed by atoms with Gasteiger partial charge >= 0.3 is 0 Å². The van der Waals surface area contributed by atoms with Gasteiger partial charge in [0, 0.05) is 25.9 Å². The second-order valence-electron chi connectivity index (χ2n) is 4.45. The Morgan fingerprint density at radius 2 is 1.94 bits per heavy atom. The van der Waals surface area contributed by atoms with E-state index in [0.29, 0.717) is 13.0 Å². The summed E-state index contributed by atoms with van der Waals surface area (Å²) < 4.78 is 0. The molecule has 0 spiro atoms. The summed E-state index contributed by atoms with van der Waals surface area (Å²) in [6, 6.07) is 7.23. The highest BCUT2D eigenvalue weighted by molar-refractivity contribution is 5.87. The number of fused-ring (bicyclic) bond motifs is 1. The van der Waals surface area contributed by atoms with Crippen molar-refractivity contribution in [3.63, 3.8) is 0 Å². The molecule has 18 heavy (non-hydrogen) atoms. The number of amides is 2. The summed E-state index contributed by atoms with van der Waals surface area (Å²) in [5.41, 5.74) is 12.9. The molecule has 0 saturated heterocycles. The number of hydrogen-bond acceptors (Lipinski definition) is 3. The van der Waals surface area contributed by atoms with E-state index >= 15 is 0 Å². The van der Waals surface area contributed by atoms with E-state index in [2.05, 4.69) is 0 Å². The van der Waals surface area contributed by atoms with Crippen molar-refractivity contribution >= 4 is 11.8 Å². The number of rotatable bonds is 3. The number of carbonyl (C=O) groups is 2. The van der Waals surface area contributed by atoms with Gasteiger partial charge in [-0.05, 0) is 11.1 Å². The highest BCUT2D eigenvalue weighted by Crippen LogP contribution is 2.23. The molecule has 1 aromatic rings. The SMILES string of the molecule is NCCC(=O)N1Cc2ccccc2C[C@H]1C(N)=O. The summed E-state index contributed by atoms with van der Waals surface area (Å²) in [7, 11) is 0. The number of hydrogen-bond donors (Lipinski definition) is 2. The summed E-state index contributed by atoms with van der Waals surface area (Å²) in [4.78, 5) is 25.0. The first-order valence-corrected chi connectivity index (χ1v) is 5.99. The van der Waals surface area contributed by atoms with E-state index in [4.69, 9.17) is 11.5 Å². The van der Waals surface area contributed by atoms with Crippen LogP contribution in [0.3, 0.4) is 0 Å². The fourth-order valence-corrected chi connectivity index (χ4v) is 2.31. The van der Waals surface area contributed by atoms with Gasteiger partial charge in [-0.3, -0.25) is 9.59 Å². The molecule has 1 aliphatic rings. The first kappa shape index (κ1) is 12.6. The van der Waals surface area contributed by atoms with Crippen molar-refractivity contribution < 1.29 is 9.59 Å². The third kappa shape index (κ3) is 2.36. The number of carbonyl (C=O) groups excluding carboxylic acids is 2. The van der Waals surface area contributed by atoms with Crippen molar-refractivity contribution in [2.75, 3.05) is 6.54 Å². The van der Waals surface area contributed by atoms with Gasteiger partial charge in [0.05, 0.1) is 0 Å². The van der Waals surface area contributed by atoms with Crippen molar-refractivity contribution in [1.29, 1.82) is 0 Å². The molecule has 5 nitrogen and oxygen atoms in total. The lowest BCUT2D eigenvalue weighted by atomic mass is 9.93. The molecule has 1 atom stereocenters. The minimum Gasteiger partial charge on any atom is -0.368 e. The second-order valence-corrected chi connectivity index (χ2v) is 4.45. The topological polar surface area (TPSA) is 89.4 Å². The van der Waals surface area contributed by atoms with Crippen LogP contribution in [0.1, 0.15) is 17.5 Å². The van der Waals surface area contributed by atoms with Gasteiger partial charge in [0.25, 0.3) is 0 Å². The largest absolute Gasteiger partial charge is 0.368 e. The Bertz CT molecular complexity index is 473.